The molecule has 0 aliphatic heterocycles. The van der Waals surface area contributed by atoms with E-state index in [2.05, 4.69) is 33.1 Å². The molecule has 5 heteroatoms. The molecule has 2 aromatic rings. The third kappa shape index (κ3) is 3.57. The Hall–Kier alpha value is -1.89. The molecule has 0 aliphatic carbocycles. The van der Waals surface area contributed by atoms with Crippen molar-refractivity contribution in [2.75, 3.05) is 5.73 Å². The molecule has 0 aromatic heterocycles. The largest absolute Gasteiger partial charge is 0.399 e. The van der Waals surface area contributed by atoms with Gasteiger partial charge in [-0.1, -0.05) is 24.3 Å². The number of amides is 1. The van der Waals surface area contributed by atoms with Gasteiger partial charge in [-0.15, -0.1) is 0 Å². The maximum Gasteiger partial charge on any atom is 0.272 e. The van der Waals surface area contributed by atoms with Crippen molar-refractivity contribution in [3.8, 4) is 0 Å². The lowest BCUT2D eigenvalue weighted by Gasteiger charge is -2.05. The van der Waals surface area contributed by atoms with Gasteiger partial charge in [0.25, 0.3) is 5.91 Å². The fourth-order valence-electron chi connectivity index (χ4n) is 1.67. The number of nitrogens with two attached hydrogens (primary N) is 1. The molecule has 2 aromatic carbocycles. The van der Waals surface area contributed by atoms with Crippen molar-refractivity contribution in [2.45, 2.75) is 6.92 Å². The van der Waals surface area contributed by atoms with Crippen LogP contribution < -0.4 is 11.2 Å². The molecule has 0 fully saturated rings. The van der Waals surface area contributed by atoms with Gasteiger partial charge < -0.3 is 5.73 Å². The van der Waals surface area contributed by atoms with Crippen molar-refractivity contribution in [3.05, 3.63) is 63.2 Å². The van der Waals surface area contributed by atoms with E-state index in [-0.39, 0.29) is 5.91 Å². The first-order valence-electron chi connectivity index (χ1n) is 6.03. The lowest BCUT2D eigenvalue weighted by molar-refractivity contribution is 0.0954. The van der Waals surface area contributed by atoms with Crippen LogP contribution in [0, 0.1) is 3.57 Å². The maximum atomic E-state index is 12.0. The zero-order valence-corrected chi connectivity index (χ0v) is 13.1. The lowest BCUT2D eigenvalue weighted by Crippen LogP contribution is -2.20. The van der Waals surface area contributed by atoms with E-state index >= 15 is 0 Å². The summed E-state index contributed by atoms with van der Waals surface area (Å²) in [4.78, 5) is 12.0. The molecule has 0 atom stereocenters. The van der Waals surface area contributed by atoms with Crippen LogP contribution in [-0.4, -0.2) is 11.6 Å². The number of carbonyl (C=O) groups excluding carboxylic acids is 1. The first-order chi connectivity index (χ1) is 9.58. The number of hydrogen-bond acceptors (Lipinski definition) is 3. The van der Waals surface area contributed by atoms with E-state index in [9.17, 15) is 4.79 Å². The van der Waals surface area contributed by atoms with Crippen molar-refractivity contribution in [1.29, 1.82) is 0 Å². The number of nitrogen functional groups attached to an aromatic ring is 1. The molecule has 4 nitrogen and oxygen atoms in total. The molecule has 0 heterocycles. The summed E-state index contributed by atoms with van der Waals surface area (Å²) in [7, 11) is 0. The minimum Gasteiger partial charge on any atom is -0.399 e. The Bertz CT molecular complexity index is 668. The van der Waals surface area contributed by atoms with E-state index in [1.165, 1.54) is 0 Å². The highest BCUT2D eigenvalue weighted by atomic mass is 127. The van der Waals surface area contributed by atoms with E-state index in [0.29, 0.717) is 17.0 Å². The van der Waals surface area contributed by atoms with Gasteiger partial charge in [0, 0.05) is 9.26 Å². The highest BCUT2D eigenvalue weighted by Gasteiger charge is 2.08. The van der Waals surface area contributed by atoms with Crippen molar-refractivity contribution in [1.82, 2.24) is 5.43 Å². The number of rotatable bonds is 3. The molecule has 0 unspecified atom stereocenters. The Morgan fingerprint density at radius 2 is 1.95 bits per heavy atom. The van der Waals surface area contributed by atoms with E-state index in [4.69, 9.17) is 5.73 Å². The molecule has 1 amide bonds. The van der Waals surface area contributed by atoms with E-state index in [1.54, 1.807) is 6.07 Å². The van der Waals surface area contributed by atoms with Gasteiger partial charge in [0.2, 0.25) is 0 Å². The minimum absolute atomic E-state index is 0.224. The molecule has 102 valence electrons. The monoisotopic (exact) mass is 379 g/mol. The van der Waals surface area contributed by atoms with Crippen LogP contribution in [0.25, 0.3) is 0 Å². The fraction of sp³-hybridized carbons (Fsp3) is 0.0667. The zero-order valence-electron chi connectivity index (χ0n) is 10.9. The number of nitrogens with one attached hydrogen (secondary N) is 1. The van der Waals surface area contributed by atoms with Crippen LogP contribution >= 0.6 is 22.6 Å². The standard InChI is InChI=1S/C15H14IN3O/c1-10(11-5-4-6-12(17)9-11)18-19-15(20)13-7-2-3-8-14(13)16/h2-9H,17H2,1H3,(H,19,20). The van der Waals surface area contributed by atoms with Gasteiger partial charge in [-0.25, -0.2) is 5.43 Å². The smallest absolute Gasteiger partial charge is 0.272 e. The lowest BCUT2D eigenvalue weighted by atomic mass is 10.1. The second kappa shape index (κ2) is 6.51. The summed E-state index contributed by atoms with van der Waals surface area (Å²) in [6.45, 7) is 1.82. The average molecular weight is 379 g/mol. The molecule has 20 heavy (non-hydrogen) atoms. The molecule has 0 radical (unpaired) electrons. The molecule has 0 aliphatic rings. The number of halogens is 1. The van der Waals surface area contributed by atoms with Crippen molar-refractivity contribution in [2.24, 2.45) is 5.10 Å². The van der Waals surface area contributed by atoms with Gasteiger partial charge >= 0.3 is 0 Å². The molecular formula is C15H14IN3O. The van der Waals surface area contributed by atoms with Crippen molar-refractivity contribution in [3.63, 3.8) is 0 Å². The maximum absolute atomic E-state index is 12.0. The highest BCUT2D eigenvalue weighted by Crippen LogP contribution is 2.11. The second-order valence-corrected chi connectivity index (χ2v) is 5.41. The van der Waals surface area contributed by atoms with Crippen molar-refractivity contribution >= 4 is 39.9 Å². The third-order valence-corrected chi connectivity index (χ3v) is 3.69. The van der Waals surface area contributed by atoms with Gasteiger partial charge in [0.1, 0.15) is 0 Å². The van der Waals surface area contributed by atoms with Crippen molar-refractivity contribution < 1.29 is 4.79 Å². The van der Waals surface area contributed by atoms with Crippen LogP contribution in [0.1, 0.15) is 22.8 Å². The van der Waals surface area contributed by atoms with Crippen LogP contribution in [0.2, 0.25) is 0 Å². The highest BCUT2D eigenvalue weighted by molar-refractivity contribution is 14.1. The van der Waals surface area contributed by atoms with Crippen LogP contribution in [0.3, 0.4) is 0 Å². The first kappa shape index (κ1) is 14.5. The minimum atomic E-state index is -0.224. The van der Waals surface area contributed by atoms with E-state index < -0.39 is 0 Å². The summed E-state index contributed by atoms with van der Waals surface area (Å²) in [5.74, 6) is -0.224. The van der Waals surface area contributed by atoms with Crippen LogP contribution in [0.4, 0.5) is 5.69 Å². The molecule has 0 spiro atoms. The topological polar surface area (TPSA) is 67.5 Å². The van der Waals surface area contributed by atoms with Crippen LogP contribution in [0.5, 0.6) is 0 Å². The van der Waals surface area contributed by atoms with E-state index in [0.717, 1.165) is 9.13 Å². The van der Waals surface area contributed by atoms with Gasteiger partial charge in [0.15, 0.2) is 0 Å². The number of benzene rings is 2. The van der Waals surface area contributed by atoms with Gasteiger partial charge in [-0.05, 0) is 59.3 Å². The SMILES string of the molecule is CC(=NNC(=O)c1ccccc1I)c1cccc(N)c1. The Morgan fingerprint density at radius 3 is 2.65 bits per heavy atom. The number of anilines is 1. The number of hydrogen-bond donors (Lipinski definition) is 2. The van der Waals surface area contributed by atoms with Crippen LogP contribution in [0.15, 0.2) is 53.6 Å². The van der Waals surface area contributed by atoms with Gasteiger partial charge in [0.05, 0.1) is 11.3 Å². The van der Waals surface area contributed by atoms with Gasteiger partial charge in [-0.2, -0.15) is 5.10 Å². The Morgan fingerprint density at radius 1 is 1.20 bits per heavy atom. The summed E-state index contributed by atoms with van der Waals surface area (Å²) < 4.78 is 0.888. The fourth-order valence-corrected chi connectivity index (χ4v) is 2.30. The quantitative estimate of drug-likeness (QED) is 0.373. The molecular weight excluding hydrogens is 365 g/mol. The summed E-state index contributed by atoms with van der Waals surface area (Å²) in [6.07, 6.45) is 0. The molecule has 3 N–H and O–H groups in total. The average Bonchev–Trinajstić information content (AvgIpc) is 2.45. The third-order valence-electron chi connectivity index (χ3n) is 2.75. The van der Waals surface area contributed by atoms with Crippen LogP contribution in [-0.2, 0) is 0 Å². The summed E-state index contributed by atoms with van der Waals surface area (Å²) >= 11 is 2.12. The Kier molecular flexibility index (Phi) is 4.73. The van der Waals surface area contributed by atoms with Gasteiger partial charge in [-0.3, -0.25) is 4.79 Å². The normalized spacial score (nSPS) is 11.2. The second-order valence-electron chi connectivity index (χ2n) is 4.24. The Labute approximate surface area is 131 Å². The molecule has 0 saturated heterocycles. The molecule has 0 saturated carbocycles. The predicted molar refractivity (Wildman–Crippen MR) is 89.7 cm³/mol. The zero-order chi connectivity index (χ0) is 14.5. The number of carbonyl (C=O) groups is 1. The number of nitrogens with zero attached hydrogens (tertiary/aromatic N) is 1. The first-order valence-corrected chi connectivity index (χ1v) is 7.11. The predicted octanol–water partition coefficient (Wildman–Crippen LogP) is 3.03. The summed E-state index contributed by atoms with van der Waals surface area (Å²) in [5, 5.41) is 4.11. The summed E-state index contributed by atoms with van der Waals surface area (Å²) in [5.41, 5.74) is 11.1. The van der Waals surface area contributed by atoms with E-state index in [1.807, 2.05) is 49.4 Å². The molecule has 0 bridgehead atoms. The molecule has 2 rings (SSSR count). The number of hydrazone groups is 1. The Balaban J connectivity index is 2.13. The summed E-state index contributed by atoms with van der Waals surface area (Å²) in [6, 6.07) is 14.7.